The molecule has 0 bridgehead atoms. The molecule has 1 amide bonds. The van der Waals surface area contributed by atoms with Crippen molar-refractivity contribution in [2.24, 2.45) is 0 Å². The summed E-state index contributed by atoms with van der Waals surface area (Å²) >= 11 is 6.14. The summed E-state index contributed by atoms with van der Waals surface area (Å²) in [7, 11) is 0. The Morgan fingerprint density at radius 3 is 2.92 bits per heavy atom. The van der Waals surface area contributed by atoms with E-state index in [9.17, 15) is 9.59 Å². The molecule has 0 saturated heterocycles. The molecule has 0 saturated carbocycles. The van der Waals surface area contributed by atoms with Crippen LogP contribution in [0.25, 0.3) is 10.9 Å². The van der Waals surface area contributed by atoms with E-state index in [0.29, 0.717) is 30.0 Å². The Morgan fingerprint density at radius 2 is 2.12 bits per heavy atom. The highest BCUT2D eigenvalue weighted by Gasteiger charge is 2.09. The molecule has 6 heteroatoms. The minimum absolute atomic E-state index is 0.242. The molecule has 0 aliphatic rings. The molecule has 0 spiro atoms. The molecule has 0 unspecified atom stereocenters. The van der Waals surface area contributed by atoms with Gasteiger partial charge in [0.15, 0.2) is 0 Å². The summed E-state index contributed by atoms with van der Waals surface area (Å²) in [5, 5.41) is 4.59. The normalized spacial score (nSPS) is 10.9. The van der Waals surface area contributed by atoms with Gasteiger partial charge in [0.2, 0.25) is 5.56 Å². The fraction of sp³-hybridized carbons (Fsp3) is 0.222. The summed E-state index contributed by atoms with van der Waals surface area (Å²) in [5.41, 5.74) is 2.87. The summed E-state index contributed by atoms with van der Waals surface area (Å²) < 4.78 is 0. The Bertz CT molecular complexity index is 943. The van der Waals surface area contributed by atoms with E-state index in [0.717, 1.165) is 22.2 Å². The number of hydrogen-bond acceptors (Lipinski definition) is 2. The second-order valence-electron chi connectivity index (χ2n) is 5.59. The van der Waals surface area contributed by atoms with Crippen LogP contribution in [0.2, 0.25) is 5.02 Å². The molecule has 1 aromatic carbocycles. The highest BCUT2D eigenvalue weighted by Crippen LogP contribution is 2.25. The molecule has 24 heavy (non-hydrogen) atoms. The van der Waals surface area contributed by atoms with Crippen LogP contribution < -0.4 is 10.9 Å². The molecule has 3 rings (SSSR count). The monoisotopic (exact) mass is 343 g/mol. The largest absolute Gasteiger partial charge is 0.360 e. The first-order valence-electron chi connectivity index (χ1n) is 7.84. The summed E-state index contributed by atoms with van der Waals surface area (Å²) in [5.74, 6) is -0.242. The van der Waals surface area contributed by atoms with Gasteiger partial charge in [0.25, 0.3) is 5.91 Å². The van der Waals surface area contributed by atoms with Crippen LogP contribution in [0.3, 0.4) is 0 Å². The molecule has 0 aliphatic heterocycles. The SMILES string of the molecule is CCc1cc(C(=O)NCCc2c[nH]c3c(Cl)cccc23)cc(=O)[nH]1. The molecule has 5 nitrogen and oxygen atoms in total. The summed E-state index contributed by atoms with van der Waals surface area (Å²) in [4.78, 5) is 29.6. The Kier molecular flexibility index (Phi) is 4.71. The van der Waals surface area contributed by atoms with Crippen molar-refractivity contribution in [1.29, 1.82) is 0 Å². The lowest BCUT2D eigenvalue weighted by atomic mass is 10.1. The molecule has 124 valence electrons. The lowest BCUT2D eigenvalue weighted by Crippen LogP contribution is -2.27. The quantitative estimate of drug-likeness (QED) is 0.665. The zero-order chi connectivity index (χ0) is 17.1. The number of H-pyrrole nitrogens is 2. The Hall–Kier alpha value is -2.53. The van der Waals surface area contributed by atoms with Crippen molar-refractivity contribution in [3.05, 3.63) is 68.7 Å². The van der Waals surface area contributed by atoms with Crippen molar-refractivity contribution in [2.75, 3.05) is 6.54 Å². The van der Waals surface area contributed by atoms with Crippen LogP contribution in [0.1, 0.15) is 28.5 Å². The standard InChI is InChI=1S/C18H18ClN3O2/c1-2-13-8-12(9-16(23)22-13)18(24)20-7-6-11-10-21-17-14(11)4-3-5-15(17)19/h3-5,8-10,21H,2,6-7H2,1H3,(H,20,24)(H,22,23). The number of carbonyl (C=O) groups is 1. The molecule has 3 N–H and O–H groups in total. The van der Waals surface area contributed by atoms with Gasteiger partial charge in [-0.3, -0.25) is 9.59 Å². The minimum atomic E-state index is -0.259. The smallest absolute Gasteiger partial charge is 0.251 e. The van der Waals surface area contributed by atoms with Crippen LogP contribution >= 0.6 is 11.6 Å². The number of aromatic amines is 2. The third kappa shape index (κ3) is 3.36. The first-order valence-corrected chi connectivity index (χ1v) is 8.22. The van der Waals surface area contributed by atoms with E-state index in [2.05, 4.69) is 15.3 Å². The summed E-state index contributed by atoms with van der Waals surface area (Å²) in [6.45, 7) is 2.40. The number of para-hydroxylation sites is 1. The van der Waals surface area contributed by atoms with Gasteiger partial charge in [0, 0.05) is 35.5 Å². The van der Waals surface area contributed by atoms with Crippen molar-refractivity contribution < 1.29 is 4.79 Å². The van der Waals surface area contributed by atoms with E-state index in [1.807, 2.05) is 31.3 Å². The van der Waals surface area contributed by atoms with Crippen molar-refractivity contribution in [2.45, 2.75) is 19.8 Å². The summed E-state index contributed by atoms with van der Waals surface area (Å²) in [6.07, 6.45) is 3.26. The van der Waals surface area contributed by atoms with E-state index in [4.69, 9.17) is 11.6 Å². The van der Waals surface area contributed by atoms with E-state index in [1.54, 1.807) is 6.07 Å². The van der Waals surface area contributed by atoms with Crippen LogP contribution in [-0.4, -0.2) is 22.4 Å². The van der Waals surface area contributed by atoms with Gasteiger partial charge in [0.1, 0.15) is 0 Å². The molecule has 2 aromatic heterocycles. The van der Waals surface area contributed by atoms with Crippen molar-refractivity contribution >= 4 is 28.4 Å². The first kappa shape index (κ1) is 16.3. The Morgan fingerprint density at radius 1 is 1.29 bits per heavy atom. The fourth-order valence-electron chi connectivity index (χ4n) is 2.72. The molecule has 0 radical (unpaired) electrons. The van der Waals surface area contributed by atoms with E-state index in [-0.39, 0.29) is 11.5 Å². The van der Waals surface area contributed by atoms with E-state index < -0.39 is 0 Å². The van der Waals surface area contributed by atoms with E-state index >= 15 is 0 Å². The zero-order valence-corrected chi connectivity index (χ0v) is 14.0. The number of aromatic nitrogens is 2. The Balaban J connectivity index is 1.67. The second-order valence-corrected chi connectivity index (χ2v) is 6.00. The number of benzene rings is 1. The lowest BCUT2D eigenvalue weighted by molar-refractivity contribution is 0.0954. The maximum Gasteiger partial charge on any atom is 0.251 e. The molecule has 0 aliphatic carbocycles. The van der Waals surface area contributed by atoms with Crippen molar-refractivity contribution in [1.82, 2.24) is 15.3 Å². The van der Waals surface area contributed by atoms with Crippen LogP contribution in [0.4, 0.5) is 0 Å². The van der Waals surface area contributed by atoms with Gasteiger partial charge in [-0.2, -0.15) is 0 Å². The molecular formula is C18H18ClN3O2. The number of amides is 1. The zero-order valence-electron chi connectivity index (χ0n) is 13.3. The number of fused-ring (bicyclic) bond motifs is 1. The molecule has 2 heterocycles. The van der Waals surface area contributed by atoms with Gasteiger partial charge >= 0.3 is 0 Å². The van der Waals surface area contributed by atoms with E-state index in [1.165, 1.54) is 6.07 Å². The van der Waals surface area contributed by atoms with Crippen LogP contribution in [0.5, 0.6) is 0 Å². The number of rotatable bonds is 5. The average Bonchev–Trinajstić information content (AvgIpc) is 2.99. The number of nitrogens with one attached hydrogen (secondary N) is 3. The van der Waals surface area contributed by atoms with Gasteiger partial charge in [-0.1, -0.05) is 30.7 Å². The molecule has 3 aromatic rings. The molecule has 0 fully saturated rings. The number of carbonyl (C=O) groups excluding carboxylic acids is 1. The lowest BCUT2D eigenvalue weighted by Gasteiger charge is -2.06. The second kappa shape index (κ2) is 6.93. The number of aryl methyl sites for hydroxylation is 1. The highest BCUT2D eigenvalue weighted by molar-refractivity contribution is 6.35. The third-order valence-corrected chi connectivity index (χ3v) is 4.29. The molecular weight excluding hydrogens is 326 g/mol. The van der Waals surface area contributed by atoms with Gasteiger partial charge < -0.3 is 15.3 Å². The number of hydrogen-bond donors (Lipinski definition) is 3. The topological polar surface area (TPSA) is 77.8 Å². The number of halogens is 1. The predicted octanol–water partition coefficient (Wildman–Crippen LogP) is 3.04. The van der Waals surface area contributed by atoms with Gasteiger partial charge in [-0.15, -0.1) is 0 Å². The maximum atomic E-state index is 12.2. The fourth-order valence-corrected chi connectivity index (χ4v) is 2.95. The third-order valence-electron chi connectivity index (χ3n) is 3.97. The maximum absolute atomic E-state index is 12.2. The van der Waals surface area contributed by atoms with Crippen LogP contribution in [0, 0.1) is 0 Å². The van der Waals surface area contributed by atoms with Gasteiger partial charge in [0.05, 0.1) is 10.5 Å². The molecule has 0 atom stereocenters. The summed E-state index contributed by atoms with van der Waals surface area (Å²) in [6, 6.07) is 8.77. The van der Waals surface area contributed by atoms with Crippen LogP contribution in [-0.2, 0) is 12.8 Å². The highest BCUT2D eigenvalue weighted by atomic mass is 35.5. The van der Waals surface area contributed by atoms with Gasteiger partial charge in [-0.05, 0) is 30.5 Å². The predicted molar refractivity (Wildman–Crippen MR) is 95.8 cm³/mol. The van der Waals surface area contributed by atoms with Crippen LogP contribution in [0.15, 0.2) is 41.3 Å². The Labute approximate surface area is 144 Å². The minimum Gasteiger partial charge on any atom is -0.360 e. The first-order chi connectivity index (χ1) is 11.6. The van der Waals surface area contributed by atoms with Crippen molar-refractivity contribution in [3.8, 4) is 0 Å². The average molecular weight is 344 g/mol. The van der Waals surface area contributed by atoms with Gasteiger partial charge in [-0.25, -0.2) is 0 Å². The van der Waals surface area contributed by atoms with Crippen molar-refractivity contribution in [3.63, 3.8) is 0 Å². The number of pyridine rings is 1.